The van der Waals surface area contributed by atoms with Crippen LogP contribution in [0.1, 0.15) is 56.7 Å². The van der Waals surface area contributed by atoms with Crippen LogP contribution in [0, 0.1) is 17.6 Å². The highest BCUT2D eigenvalue weighted by Crippen LogP contribution is 2.48. The molecule has 46 heavy (non-hydrogen) atoms. The second-order valence-electron chi connectivity index (χ2n) is 13.9. The molecule has 5 aliphatic heterocycles. The third kappa shape index (κ3) is 4.08. The molecular formula is C36H37F3N6O. The molecule has 7 heterocycles. The van der Waals surface area contributed by atoms with Gasteiger partial charge in [-0.25, -0.2) is 18.2 Å². The first kappa shape index (κ1) is 28.5. The second-order valence-corrected chi connectivity index (χ2v) is 13.9. The number of rotatable bonds is 4. The third-order valence-corrected chi connectivity index (χ3v) is 11.4. The number of nitrogens with zero attached hydrogens (tertiary/aromatic N) is 5. The van der Waals surface area contributed by atoms with Crippen molar-refractivity contribution < 1.29 is 17.9 Å². The number of piperazine rings is 1. The summed E-state index contributed by atoms with van der Waals surface area (Å²) in [5.41, 5.74) is 1.57. The summed E-state index contributed by atoms with van der Waals surface area (Å²) < 4.78 is 53.7. The fraction of sp³-hybridized carbons (Fsp3) is 0.472. The summed E-state index contributed by atoms with van der Waals surface area (Å²) in [7, 11) is 0. The lowest BCUT2D eigenvalue weighted by Crippen LogP contribution is -2.59. The number of aromatic nitrogens is 3. The van der Waals surface area contributed by atoms with E-state index in [9.17, 15) is 4.39 Å². The van der Waals surface area contributed by atoms with Gasteiger partial charge >= 0.3 is 6.01 Å². The molecule has 0 saturated carbocycles. The highest BCUT2D eigenvalue weighted by molar-refractivity contribution is 6.04. The Kier molecular flexibility index (Phi) is 6.42. The molecule has 0 spiro atoms. The van der Waals surface area contributed by atoms with Crippen LogP contribution >= 0.6 is 0 Å². The minimum absolute atomic E-state index is 0.0129. The maximum absolute atomic E-state index is 17.2. The third-order valence-electron chi connectivity index (χ3n) is 11.4. The fourth-order valence-corrected chi connectivity index (χ4v) is 9.02. The van der Waals surface area contributed by atoms with Crippen molar-refractivity contribution in [2.24, 2.45) is 5.92 Å². The van der Waals surface area contributed by atoms with Crippen molar-refractivity contribution in [1.29, 1.82) is 0 Å². The van der Waals surface area contributed by atoms with Gasteiger partial charge in [0.2, 0.25) is 0 Å². The number of alkyl halides is 1. The van der Waals surface area contributed by atoms with Crippen LogP contribution in [0.15, 0.2) is 36.4 Å². The second kappa shape index (κ2) is 10.4. The van der Waals surface area contributed by atoms with E-state index in [0.29, 0.717) is 52.9 Å². The van der Waals surface area contributed by atoms with E-state index in [4.69, 9.17) is 19.7 Å². The summed E-state index contributed by atoms with van der Waals surface area (Å²) in [4.78, 5) is 19.4. The summed E-state index contributed by atoms with van der Waals surface area (Å²) in [5.74, 6) is -0.529. The van der Waals surface area contributed by atoms with Gasteiger partial charge in [0.25, 0.3) is 0 Å². The SMILES string of the molecule is CC[C@@H]1CN2c3nc(OC[C@@]45CCCN4C[C@H](F)C5)nc4c(F)c5nc(c34)[C@H](/C=C/c3c(F)ccc4cccc-5c34)[C@H](C)[C@H]2CN1. The predicted molar refractivity (Wildman–Crippen MR) is 173 cm³/mol. The van der Waals surface area contributed by atoms with E-state index in [1.807, 2.05) is 30.4 Å². The van der Waals surface area contributed by atoms with Crippen LogP contribution in [-0.4, -0.2) is 76.4 Å². The first-order chi connectivity index (χ1) is 22.3. The summed E-state index contributed by atoms with van der Waals surface area (Å²) in [5, 5.41) is 5.72. The highest BCUT2D eigenvalue weighted by Gasteiger charge is 2.50. The molecule has 2 aromatic carbocycles. The van der Waals surface area contributed by atoms with E-state index in [1.165, 1.54) is 6.07 Å². The van der Waals surface area contributed by atoms with E-state index in [2.05, 4.69) is 29.0 Å². The number of ether oxygens (including phenoxy) is 1. The van der Waals surface area contributed by atoms with E-state index in [0.717, 1.165) is 37.7 Å². The molecule has 2 aromatic heterocycles. The Morgan fingerprint density at radius 2 is 1.98 bits per heavy atom. The minimum atomic E-state index is -0.885. The monoisotopic (exact) mass is 626 g/mol. The maximum atomic E-state index is 17.2. The zero-order valence-corrected chi connectivity index (χ0v) is 26.1. The lowest BCUT2D eigenvalue weighted by Gasteiger charge is -2.43. The van der Waals surface area contributed by atoms with Gasteiger partial charge in [-0.1, -0.05) is 50.3 Å². The molecule has 0 aliphatic carbocycles. The molecule has 4 aromatic rings. The Bertz CT molecular complexity index is 1930. The minimum Gasteiger partial charge on any atom is -0.461 e. The lowest BCUT2D eigenvalue weighted by molar-refractivity contribution is 0.107. The number of nitrogens with one attached hydrogen (secondary N) is 1. The average molecular weight is 627 g/mol. The van der Waals surface area contributed by atoms with Crippen molar-refractivity contribution >= 4 is 33.6 Å². The Morgan fingerprint density at radius 1 is 1.09 bits per heavy atom. The van der Waals surface area contributed by atoms with E-state index >= 15 is 8.78 Å². The molecule has 0 unspecified atom stereocenters. The Labute approximate surface area is 265 Å². The maximum Gasteiger partial charge on any atom is 0.319 e. The Morgan fingerprint density at radius 3 is 2.85 bits per heavy atom. The number of halogens is 3. The van der Waals surface area contributed by atoms with Crippen LogP contribution < -0.4 is 15.0 Å². The normalized spacial score (nSPS) is 30.5. The van der Waals surface area contributed by atoms with Gasteiger partial charge in [-0.05, 0) is 43.2 Å². The van der Waals surface area contributed by atoms with E-state index < -0.39 is 17.5 Å². The van der Waals surface area contributed by atoms with Gasteiger partial charge in [-0.15, -0.1) is 0 Å². The molecule has 5 aliphatic rings. The molecular weight excluding hydrogens is 589 g/mol. The average Bonchev–Trinajstić information content (AvgIpc) is 3.58. The van der Waals surface area contributed by atoms with E-state index in [1.54, 1.807) is 6.07 Å². The van der Waals surface area contributed by atoms with E-state index in [-0.39, 0.29) is 53.6 Å². The summed E-state index contributed by atoms with van der Waals surface area (Å²) in [6.07, 6.45) is 6.21. The van der Waals surface area contributed by atoms with Crippen LogP contribution in [0.25, 0.3) is 39.0 Å². The standard InChI is InChI=1S/C36H37F3N6O/c1-3-22-17-45-27(15-40-22)19(2)23-9-10-24-26(38)11-8-20-6-4-7-25(28(20)24)32-30(39)33-29(31(23)41-32)34(45)43-35(42-33)46-18-36-12-5-13-44(36)16-21(37)14-36/h4,6-11,19,21-23,27,40H,3,5,12-18H2,1-2H3/b10-9+/t19-,21+,22+,23+,27+,36-/m0/s1. The zero-order valence-electron chi connectivity index (χ0n) is 26.1. The largest absolute Gasteiger partial charge is 0.461 e. The first-order valence-corrected chi connectivity index (χ1v) is 16.7. The van der Waals surface area contributed by atoms with Crippen LogP contribution in [0.4, 0.5) is 19.0 Å². The molecule has 9 rings (SSSR count). The Hall–Kier alpha value is -3.76. The molecule has 2 bridgehead atoms. The van der Waals surface area contributed by atoms with Gasteiger partial charge in [0, 0.05) is 60.6 Å². The van der Waals surface area contributed by atoms with Gasteiger partial charge in [-0.3, -0.25) is 4.90 Å². The molecule has 1 N–H and O–H groups in total. The molecule has 10 heteroatoms. The van der Waals surface area contributed by atoms with Gasteiger partial charge in [0.1, 0.15) is 35.6 Å². The molecule has 3 fully saturated rings. The van der Waals surface area contributed by atoms with Crippen LogP contribution in [-0.2, 0) is 0 Å². The van der Waals surface area contributed by atoms with Crippen LogP contribution in [0.2, 0.25) is 0 Å². The zero-order chi connectivity index (χ0) is 31.3. The van der Waals surface area contributed by atoms with Crippen molar-refractivity contribution in [2.75, 3.05) is 37.7 Å². The summed E-state index contributed by atoms with van der Waals surface area (Å²) in [6.45, 7) is 7.27. The fourth-order valence-electron chi connectivity index (χ4n) is 9.02. The highest BCUT2D eigenvalue weighted by atomic mass is 19.1. The van der Waals surface area contributed by atoms with Crippen molar-refractivity contribution in [3.05, 3.63) is 59.3 Å². The van der Waals surface area contributed by atoms with Crippen molar-refractivity contribution in [3.63, 3.8) is 0 Å². The number of hydrogen-bond acceptors (Lipinski definition) is 7. The number of hydrogen-bond donors (Lipinski definition) is 1. The number of fused-ring (bicyclic) bond motifs is 5. The van der Waals surface area contributed by atoms with Gasteiger partial charge < -0.3 is 15.0 Å². The van der Waals surface area contributed by atoms with Crippen molar-refractivity contribution in [3.8, 4) is 17.3 Å². The van der Waals surface area contributed by atoms with Gasteiger partial charge in [0.15, 0.2) is 5.82 Å². The topological polar surface area (TPSA) is 66.4 Å². The lowest BCUT2D eigenvalue weighted by atomic mass is 9.83. The molecule has 238 valence electrons. The molecule has 3 saturated heterocycles. The quantitative estimate of drug-likeness (QED) is 0.282. The number of pyridine rings is 1. The van der Waals surface area contributed by atoms with Gasteiger partial charge in [0.05, 0.1) is 16.6 Å². The number of benzene rings is 2. The van der Waals surface area contributed by atoms with Gasteiger partial charge in [-0.2, -0.15) is 9.97 Å². The van der Waals surface area contributed by atoms with Crippen molar-refractivity contribution in [2.45, 2.75) is 69.2 Å². The predicted octanol–water partition coefficient (Wildman–Crippen LogP) is 6.40. The van der Waals surface area contributed by atoms with Crippen LogP contribution in [0.5, 0.6) is 6.01 Å². The molecule has 0 radical (unpaired) electrons. The first-order valence-electron chi connectivity index (χ1n) is 16.7. The molecule has 6 atom stereocenters. The number of anilines is 1. The smallest absolute Gasteiger partial charge is 0.319 e. The number of allylic oxidation sites excluding steroid dienone is 1. The summed E-state index contributed by atoms with van der Waals surface area (Å²) >= 11 is 0. The molecule has 7 nitrogen and oxygen atoms in total. The van der Waals surface area contributed by atoms with Crippen LogP contribution in [0.3, 0.4) is 0 Å². The summed E-state index contributed by atoms with van der Waals surface area (Å²) in [6, 6.07) is 9.12. The Balaban J connectivity index is 1.29. The molecule has 0 amide bonds. The van der Waals surface area contributed by atoms with Crippen molar-refractivity contribution in [1.82, 2.24) is 25.2 Å².